The van der Waals surface area contributed by atoms with Crippen LogP contribution < -0.4 is 53.2 Å². The largest absolute Gasteiger partial charge is 0.508 e. The van der Waals surface area contributed by atoms with Crippen LogP contribution in [-0.4, -0.2) is 146 Å². The molecule has 618 valence electrons. The standard InChI is InChI=1S/C17H19N5O.2C15H15N5O.C15H14N4O.C14H12N6.C13H12N4O/c1-12-16-15(21-20-12)5-6-18-17(16)19-13-3-2-4-14(11-13)22-7-9-23-10-8-22;1-9-14-13(20-19-9)7-8-16-15(14)18-12-5-3-11(4-6-12)17-10(2)21;1-9-14-13(20-19-9)6-7-16-15(14)18-12-5-3-4-11(8-12)17-10(2)21;1-9-13-11(8-18-9)5-6-17-15(13)19-12-4-2-3-10(7-12)14(16)20;1-8-13-11(20-19-8)4-5-15-14(13)18-9-2-3-10-12(6-9)17-7-16-10;1-8-12-11(17-16-8)5-6-14-13(12)15-9-3-2-4-10(18)7-9/h2-6,11H,7-10H2,1H3,(H,18,19)(H,20,21);2*3-8H,1-2H3,(H,16,18)(H,17,21)(H,19,20);2-7H,8H2,1H3,(H2,16,20)(H,17,19);2-7H,1H3,(H,15,18)(H,16,17)(H,19,20);2-7,18H,1H3,(H,14,15)(H,16,17). The number of aromatic amines is 6. The number of amides is 3. The van der Waals surface area contributed by atoms with Gasteiger partial charge in [0.2, 0.25) is 17.7 Å². The Hall–Kier alpha value is -16.5. The van der Waals surface area contributed by atoms with Crippen molar-refractivity contribution in [2.45, 2.75) is 61.9 Å². The molecule has 18 aromatic rings. The number of H-pyrrole nitrogens is 6. The molecule has 14 heterocycles. The fourth-order valence-corrected chi connectivity index (χ4v) is 13.9. The van der Waals surface area contributed by atoms with Gasteiger partial charge in [-0.05, 0) is 193 Å². The summed E-state index contributed by atoms with van der Waals surface area (Å²) in [5.41, 5.74) is 28.2. The maximum atomic E-state index is 11.2. The number of aryl methyl sites for hydroxylation is 5. The number of anilines is 15. The number of benzene rings is 6. The highest BCUT2D eigenvalue weighted by molar-refractivity contribution is 6.07. The molecule has 17 N–H and O–H groups in total. The van der Waals surface area contributed by atoms with Crippen LogP contribution >= 0.6 is 0 Å². The minimum Gasteiger partial charge on any atom is -0.508 e. The van der Waals surface area contributed by atoms with Crippen molar-refractivity contribution >= 4 is 175 Å². The zero-order valence-corrected chi connectivity index (χ0v) is 68.2. The van der Waals surface area contributed by atoms with Gasteiger partial charge in [-0.3, -0.25) is 44.9 Å². The van der Waals surface area contributed by atoms with Crippen molar-refractivity contribution in [1.29, 1.82) is 0 Å². The van der Waals surface area contributed by atoms with Crippen LogP contribution in [0.1, 0.15) is 70.7 Å². The van der Waals surface area contributed by atoms with Gasteiger partial charge < -0.3 is 68.0 Å². The van der Waals surface area contributed by atoms with E-state index in [-0.39, 0.29) is 17.6 Å². The lowest BCUT2D eigenvalue weighted by molar-refractivity contribution is -0.115. The number of phenols is 1. The smallest absolute Gasteiger partial charge is 0.248 e. The predicted octanol–water partition coefficient (Wildman–Crippen LogP) is 16.6. The molecule has 2 aliphatic heterocycles. The molecule has 0 radical (unpaired) electrons. The van der Waals surface area contributed by atoms with E-state index in [9.17, 15) is 19.5 Å². The highest BCUT2D eigenvalue weighted by Crippen LogP contribution is 2.34. The summed E-state index contributed by atoms with van der Waals surface area (Å²) in [5, 5.41) is 75.6. The van der Waals surface area contributed by atoms with Crippen LogP contribution in [0.25, 0.3) is 65.5 Å². The summed E-state index contributed by atoms with van der Waals surface area (Å²) >= 11 is 0. The summed E-state index contributed by atoms with van der Waals surface area (Å²) in [6.45, 7) is 18.9. The van der Waals surface area contributed by atoms with Gasteiger partial charge in [0.25, 0.3) is 0 Å². The minimum absolute atomic E-state index is 0.0869. The number of morpholine rings is 1. The molecular formula is C89H87N29O5. The van der Waals surface area contributed by atoms with E-state index in [1.807, 2.05) is 157 Å². The molecule has 34 nitrogen and oxygen atoms in total. The van der Waals surface area contributed by atoms with Crippen LogP contribution in [-0.2, 0) is 20.9 Å². The molecule has 2 aliphatic rings. The lowest BCUT2D eigenvalue weighted by Gasteiger charge is -2.29. The first-order valence-corrected chi connectivity index (χ1v) is 39.2. The number of fused-ring (bicyclic) bond motifs is 7. The number of rotatable bonds is 16. The van der Waals surface area contributed by atoms with Crippen molar-refractivity contribution in [2.75, 3.05) is 73.7 Å². The number of ether oxygens (including phenoxy) is 1. The monoisotopic (exact) mass is 1640 g/mol. The maximum absolute atomic E-state index is 11.2. The first-order chi connectivity index (χ1) is 59.8. The number of phenolic OH excluding ortho intramolecular Hbond substituents is 1. The van der Waals surface area contributed by atoms with Crippen LogP contribution in [0.4, 0.5) is 86.1 Å². The van der Waals surface area contributed by atoms with Gasteiger partial charge in [-0.1, -0.05) is 24.3 Å². The minimum atomic E-state index is -0.447. The van der Waals surface area contributed by atoms with Crippen LogP contribution in [0, 0.1) is 34.6 Å². The van der Waals surface area contributed by atoms with Crippen LogP contribution in [0.5, 0.6) is 5.75 Å². The van der Waals surface area contributed by atoms with E-state index >= 15 is 0 Å². The number of hydrogen-bond acceptors (Lipinski definition) is 25. The maximum Gasteiger partial charge on any atom is 0.248 e. The number of aromatic nitrogens is 18. The summed E-state index contributed by atoms with van der Waals surface area (Å²) in [6, 6.07) is 54.6. The molecule has 1 fully saturated rings. The van der Waals surface area contributed by atoms with Crippen LogP contribution in [0.15, 0.2) is 224 Å². The van der Waals surface area contributed by atoms with Gasteiger partial charge in [0.15, 0.2) is 0 Å². The number of nitrogens with zero attached hydrogens (tertiary/aromatic N) is 14. The zero-order chi connectivity index (χ0) is 85.5. The number of aliphatic imine (C=N–C) groups is 1. The average Bonchev–Trinajstić information content (AvgIpc) is 1.72. The highest BCUT2D eigenvalue weighted by atomic mass is 16.5. The molecule has 3 amide bonds. The third-order valence-electron chi connectivity index (χ3n) is 19.7. The van der Waals surface area contributed by atoms with Crippen molar-refractivity contribution in [2.24, 2.45) is 10.7 Å². The third-order valence-corrected chi connectivity index (χ3v) is 19.7. The van der Waals surface area contributed by atoms with Crippen molar-refractivity contribution in [3.05, 3.63) is 265 Å². The van der Waals surface area contributed by atoms with E-state index < -0.39 is 5.91 Å². The molecule has 0 atom stereocenters. The number of carbonyl (C=O) groups is 3. The number of primary amides is 1. The number of nitrogens with two attached hydrogens (primary N) is 1. The molecule has 0 unspecified atom stereocenters. The second-order valence-electron chi connectivity index (χ2n) is 28.7. The van der Waals surface area contributed by atoms with Crippen molar-refractivity contribution in [3.63, 3.8) is 0 Å². The first kappa shape index (κ1) is 81.6. The van der Waals surface area contributed by atoms with Gasteiger partial charge in [0.05, 0.1) is 91.6 Å². The van der Waals surface area contributed by atoms with Crippen molar-refractivity contribution in [3.8, 4) is 5.75 Å². The molecular weight excluding hydrogens is 1560 g/mol. The van der Waals surface area contributed by atoms with E-state index in [0.29, 0.717) is 12.1 Å². The molecule has 6 aromatic carbocycles. The van der Waals surface area contributed by atoms with Crippen LogP contribution in [0.3, 0.4) is 0 Å². The lowest BCUT2D eigenvalue weighted by atomic mass is 10.1. The summed E-state index contributed by atoms with van der Waals surface area (Å²) in [6.07, 6.45) is 12.1. The fourth-order valence-electron chi connectivity index (χ4n) is 13.9. The Kier molecular flexibility index (Phi) is 24.8. The van der Waals surface area contributed by atoms with E-state index in [4.69, 9.17) is 10.5 Å². The predicted molar refractivity (Wildman–Crippen MR) is 483 cm³/mol. The van der Waals surface area contributed by atoms with Gasteiger partial charge in [0, 0.05) is 167 Å². The number of hydrogen-bond donors (Lipinski definition) is 16. The van der Waals surface area contributed by atoms with E-state index in [1.54, 1.807) is 79.9 Å². The first-order valence-electron chi connectivity index (χ1n) is 39.2. The van der Waals surface area contributed by atoms with Crippen molar-refractivity contribution < 1.29 is 24.2 Å². The van der Waals surface area contributed by atoms with Gasteiger partial charge in [-0.2, -0.15) is 25.5 Å². The molecule has 123 heavy (non-hydrogen) atoms. The Morgan fingerprint density at radius 2 is 0.789 bits per heavy atom. The molecule has 0 bridgehead atoms. The average molecular weight is 1640 g/mol. The normalized spacial score (nSPS) is 11.9. The molecule has 20 rings (SSSR count). The number of aromatic hydroxyl groups is 1. The number of carbonyl (C=O) groups excluding carboxylic acids is 3. The molecule has 12 aromatic heterocycles. The zero-order valence-electron chi connectivity index (χ0n) is 68.2. The Labute approximate surface area is 703 Å². The third kappa shape index (κ3) is 19.9. The van der Waals surface area contributed by atoms with E-state index in [2.05, 4.69) is 168 Å². The van der Waals surface area contributed by atoms with Crippen molar-refractivity contribution in [1.82, 2.24) is 90.9 Å². The Balaban J connectivity index is 0.000000115. The van der Waals surface area contributed by atoms with Gasteiger partial charge in [-0.15, -0.1) is 0 Å². The second-order valence-corrected chi connectivity index (χ2v) is 28.7. The molecule has 34 heteroatoms. The number of nitrogens with one attached hydrogen (secondary N) is 14. The topological polar surface area (TPSA) is 468 Å². The fraction of sp³-hybridized carbons (Fsp3) is 0.146. The van der Waals surface area contributed by atoms with Gasteiger partial charge in [-0.25, -0.2) is 34.9 Å². The second kappa shape index (κ2) is 37.4. The molecule has 0 saturated carbocycles. The molecule has 0 spiro atoms. The summed E-state index contributed by atoms with van der Waals surface area (Å²) < 4.78 is 5.42. The number of pyridine rings is 6. The Morgan fingerprint density at radius 1 is 0.398 bits per heavy atom. The van der Waals surface area contributed by atoms with Crippen LogP contribution in [0.2, 0.25) is 0 Å². The summed E-state index contributed by atoms with van der Waals surface area (Å²) in [5.74, 6) is 4.18. The summed E-state index contributed by atoms with van der Waals surface area (Å²) in [4.78, 5) is 73.7. The van der Waals surface area contributed by atoms with Gasteiger partial charge in [0.1, 0.15) is 40.7 Å². The molecule has 0 aliphatic carbocycles. The quantitative estimate of drug-likeness (QED) is 0.0427. The Morgan fingerprint density at radius 3 is 1.28 bits per heavy atom. The van der Waals surface area contributed by atoms with E-state index in [1.165, 1.54) is 19.5 Å². The number of imidazole rings is 1. The summed E-state index contributed by atoms with van der Waals surface area (Å²) in [7, 11) is 0. The lowest BCUT2D eigenvalue weighted by Crippen LogP contribution is -2.36. The SMILES string of the molecule is CC(=O)Nc1ccc(Nc2nccc3n[nH]c(C)c23)cc1.CC(=O)Nc1cccc(Nc2nccc3n[nH]c(C)c23)c1.CC1=NCc2ccnc(Nc3cccc(C(N)=O)c3)c21.Cc1[nH]nc2ccnc(Nc3ccc4nc[nH]c4c3)c12.Cc1[nH]nc2ccnc(Nc3cccc(N4CCOCC4)c3)c12.Cc1[nH]nc2ccnc(Nc3cccc(O)c3)c12. The highest BCUT2D eigenvalue weighted by Gasteiger charge is 2.20. The van der Waals surface area contributed by atoms with Gasteiger partial charge >= 0.3 is 0 Å². The molecule has 1 saturated heterocycles. The Bertz CT molecular complexity index is 6860. The van der Waals surface area contributed by atoms with E-state index in [0.717, 1.165) is 218 Å².